The summed E-state index contributed by atoms with van der Waals surface area (Å²) >= 11 is 0. The van der Waals surface area contributed by atoms with Crippen LogP contribution in [0.2, 0.25) is 0 Å². The summed E-state index contributed by atoms with van der Waals surface area (Å²) in [6.45, 7) is 1.75. The summed E-state index contributed by atoms with van der Waals surface area (Å²) in [6, 6.07) is 12.9. The van der Waals surface area contributed by atoms with E-state index in [1.54, 1.807) is 18.2 Å². The number of nitrogens with zero attached hydrogens (tertiary/aromatic N) is 1. The average Bonchev–Trinajstić information content (AvgIpc) is 3.05. The van der Waals surface area contributed by atoms with Crippen LogP contribution in [0.3, 0.4) is 0 Å². The number of fused-ring (bicyclic) bond motifs is 2. The van der Waals surface area contributed by atoms with E-state index in [1.165, 1.54) is 0 Å². The fourth-order valence-corrected chi connectivity index (χ4v) is 3.22. The molecule has 1 aliphatic heterocycles. The van der Waals surface area contributed by atoms with Gasteiger partial charge in [0.25, 0.3) is 0 Å². The molecule has 2 heterocycles. The predicted molar refractivity (Wildman–Crippen MR) is 106 cm³/mol. The zero-order valence-corrected chi connectivity index (χ0v) is 15.5. The highest BCUT2D eigenvalue weighted by atomic mass is 16.6. The number of anilines is 1. The number of hydrogen-bond donors (Lipinski definition) is 3. The van der Waals surface area contributed by atoms with E-state index in [-0.39, 0.29) is 17.7 Å². The summed E-state index contributed by atoms with van der Waals surface area (Å²) in [5, 5.41) is 2.86. The lowest BCUT2D eigenvalue weighted by Gasteiger charge is -2.29. The molecule has 0 radical (unpaired) electrons. The third-order valence-corrected chi connectivity index (χ3v) is 4.60. The highest BCUT2D eigenvalue weighted by Gasteiger charge is 2.22. The van der Waals surface area contributed by atoms with Gasteiger partial charge in [-0.1, -0.05) is 12.1 Å². The fourth-order valence-electron chi connectivity index (χ4n) is 3.22. The number of carbonyl (C=O) groups excluding carboxylic acids is 1. The van der Waals surface area contributed by atoms with Crippen LogP contribution in [0.5, 0.6) is 11.5 Å². The Kier molecular flexibility index (Phi) is 5.03. The van der Waals surface area contributed by atoms with E-state index in [0.717, 1.165) is 11.5 Å². The maximum Gasteiger partial charge on any atom is 0.323 e. The molecule has 3 N–H and O–H groups in total. The van der Waals surface area contributed by atoms with Crippen LogP contribution in [0, 0.1) is 0 Å². The molecule has 1 amide bonds. The molecule has 0 fully saturated rings. The largest absolute Gasteiger partial charge is 0.486 e. The van der Waals surface area contributed by atoms with Crippen molar-refractivity contribution in [1.29, 1.82) is 0 Å². The molecular weight excluding hydrogens is 360 g/mol. The Morgan fingerprint density at radius 3 is 2.82 bits per heavy atom. The zero-order chi connectivity index (χ0) is 19.5. The van der Waals surface area contributed by atoms with Crippen molar-refractivity contribution >= 4 is 22.6 Å². The van der Waals surface area contributed by atoms with Crippen molar-refractivity contribution in [3.05, 3.63) is 52.9 Å². The van der Waals surface area contributed by atoms with Gasteiger partial charge in [-0.3, -0.25) is 4.79 Å². The minimum atomic E-state index is -0.267. The first-order chi connectivity index (χ1) is 13.6. The van der Waals surface area contributed by atoms with Gasteiger partial charge in [0, 0.05) is 25.2 Å². The van der Waals surface area contributed by atoms with Gasteiger partial charge in [-0.2, -0.15) is 0 Å². The number of imidazole rings is 1. The topological polar surface area (TPSA) is 99.5 Å². The molecule has 1 aliphatic rings. The van der Waals surface area contributed by atoms with Crippen LogP contribution in [0.25, 0.3) is 11.0 Å². The van der Waals surface area contributed by atoms with Crippen LogP contribution in [0.1, 0.15) is 6.42 Å². The number of benzene rings is 2. The van der Waals surface area contributed by atoms with Crippen LogP contribution in [0.15, 0.2) is 47.3 Å². The summed E-state index contributed by atoms with van der Waals surface area (Å²) in [5.41, 5.74) is 1.75. The molecule has 0 unspecified atom stereocenters. The number of amides is 1. The van der Waals surface area contributed by atoms with Crippen molar-refractivity contribution in [2.75, 3.05) is 32.1 Å². The number of aromatic amines is 2. The van der Waals surface area contributed by atoms with Gasteiger partial charge in [0.15, 0.2) is 11.5 Å². The van der Waals surface area contributed by atoms with E-state index >= 15 is 0 Å². The molecule has 3 aromatic rings. The van der Waals surface area contributed by atoms with E-state index in [1.807, 2.05) is 36.2 Å². The number of para-hydroxylation sites is 2. The summed E-state index contributed by atoms with van der Waals surface area (Å²) in [6.07, 6.45) is 0.276. The molecule has 1 atom stereocenters. The first kappa shape index (κ1) is 18.1. The third kappa shape index (κ3) is 4.17. The van der Waals surface area contributed by atoms with E-state index in [4.69, 9.17) is 9.47 Å². The Labute approximate surface area is 161 Å². The quantitative estimate of drug-likeness (QED) is 0.605. The number of likely N-dealkylation sites (N-methyl/N-ethyl adjacent to an activating group) is 1. The van der Waals surface area contributed by atoms with Crippen LogP contribution in [-0.2, 0) is 4.79 Å². The van der Waals surface area contributed by atoms with E-state index in [2.05, 4.69) is 15.3 Å². The number of ether oxygens (including phenoxy) is 2. The molecular formula is C20H22N4O4. The molecule has 146 valence electrons. The number of aromatic nitrogens is 2. The van der Waals surface area contributed by atoms with Crippen molar-refractivity contribution in [3.63, 3.8) is 0 Å². The smallest absolute Gasteiger partial charge is 0.323 e. The molecule has 8 heteroatoms. The monoisotopic (exact) mass is 382 g/mol. The molecule has 28 heavy (non-hydrogen) atoms. The fraction of sp³-hybridized carbons (Fsp3) is 0.300. The lowest BCUT2D eigenvalue weighted by Crippen LogP contribution is -2.40. The molecule has 0 aliphatic carbocycles. The second-order valence-electron chi connectivity index (χ2n) is 6.90. The van der Waals surface area contributed by atoms with Crippen molar-refractivity contribution in [1.82, 2.24) is 14.9 Å². The summed E-state index contributed by atoms with van der Waals surface area (Å²) < 4.78 is 11.7. The normalized spacial score (nSPS) is 15.7. The maximum atomic E-state index is 12.2. The van der Waals surface area contributed by atoms with Crippen LogP contribution < -0.4 is 20.5 Å². The van der Waals surface area contributed by atoms with Crippen LogP contribution in [0.4, 0.5) is 5.69 Å². The SMILES string of the molecule is CN(CCC(=O)Nc1ccc2[nH]c(=O)[nH]c2c1)C[C@@H]1COc2ccccc2O1. The molecule has 0 saturated carbocycles. The molecule has 0 bridgehead atoms. The predicted octanol–water partition coefficient (Wildman–Crippen LogP) is 1.96. The Bertz CT molecular complexity index is 1040. The van der Waals surface area contributed by atoms with Gasteiger partial charge in [-0.25, -0.2) is 4.79 Å². The molecule has 8 nitrogen and oxygen atoms in total. The van der Waals surface area contributed by atoms with Gasteiger partial charge < -0.3 is 29.7 Å². The summed E-state index contributed by atoms with van der Waals surface area (Å²) in [7, 11) is 1.95. The molecule has 2 aromatic carbocycles. The molecule has 1 aromatic heterocycles. The molecule has 4 rings (SSSR count). The Morgan fingerprint density at radius 2 is 1.96 bits per heavy atom. The van der Waals surface area contributed by atoms with E-state index in [9.17, 15) is 9.59 Å². The van der Waals surface area contributed by atoms with Crippen molar-refractivity contribution < 1.29 is 14.3 Å². The first-order valence-electron chi connectivity index (χ1n) is 9.16. The average molecular weight is 382 g/mol. The molecule has 0 saturated heterocycles. The van der Waals surface area contributed by atoms with Gasteiger partial charge in [0.2, 0.25) is 5.91 Å². The maximum absolute atomic E-state index is 12.2. The van der Waals surface area contributed by atoms with Gasteiger partial charge in [0.1, 0.15) is 12.7 Å². The first-order valence-corrected chi connectivity index (χ1v) is 9.16. The molecule has 0 spiro atoms. The van der Waals surface area contributed by atoms with Gasteiger partial charge in [0.05, 0.1) is 11.0 Å². The lowest BCUT2D eigenvalue weighted by molar-refractivity contribution is -0.116. The van der Waals surface area contributed by atoms with Crippen LogP contribution >= 0.6 is 0 Å². The minimum Gasteiger partial charge on any atom is -0.486 e. The summed E-state index contributed by atoms with van der Waals surface area (Å²) in [4.78, 5) is 30.9. The second kappa shape index (κ2) is 7.77. The van der Waals surface area contributed by atoms with Crippen molar-refractivity contribution in [2.24, 2.45) is 0 Å². The second-order valence-corrected chi connectivity index (χ2v) is 6.90. The van der Waals surface area contributed by atoms with E-state index in [0.29, 0.717) is 42.8 Å². The highest BCUT2D eigenvalue weighted by Crippen LogP contribution is 2.30. The van der Waals surface area contributed by atoms with Gasteiger partial charge in [-0.05, 0) is 37.4 Å². The number of rotatable bonds is 6. The Hall–Kier alpha value is -3.26. The third-order valence-electron chi connectivity index (χ3n) is 4.60. The number of nitrogens with one attached hydrogen (secondary N) is 3. The Balaban J connectivity index is 1.25. The number of hydrogen-bond acceptors (Lipinski definition) is 5. The van der Waals surface area contributed by atoms with Crippen molar-refractivity contribution in [3.8, 4) is 11.5 Å². The van der Waals surface area contributed by atoms with Crippen LogP contribution in [-0.4, -0.2) is 53.6 Å². The Morgan fingerprint density at radius 1 is 1.18 bits per heavy atom. The lowest BCUT2D eigenvalue weighted by atomic mass is 10.2. The number of carbonyl (C=O) groups is 1. The van der Waals surface area contributed by atoms with Crippen molar-refractivity contribution in [2.45, 2.75) is 12.5 Å². The highest BCUT2D eigenvalue weighted by molar-refractivity contribution is 5.93. The summed E-state index contributed by atoms with van der Waals surface area (Å²) in [5.74, 6) is 1.43. The standard InChI is InChI=1S/C20H22N4O4/c1-24(11-14-12-27-17-4-2-3-5-18(17)28-14)9-8-19(25)21-13-6-7-15-16(10-13)23-20(26)22-15/h2-7,10,14H,8-9,11-12H2,1H3,(H,21,25)(H2,22,23,26)/t14-/m1/s1. The zero-order valence-electron chi connectivity index (χ0n) is 15.5. The van der Waals surface area contributed by atoms with Gasteiger partial charge >= 0.3 is 5.69 Å². The van der Waals surface area contributed by atoms with E-state index < -0.39 is 0 Å². The number of H-pyrrole nitrogens is 2. The van der Waals surface area contributed by atoms with Gasteiger partial charge in [-0.15, -0.1) is 0 Å². The minimum absolute atomic E-state index is 0.0733.